The topological polar surface area (TPSA) is 42.0 Å². The van der Waals surface area contributed by atoms with E-state index >= 15 is 0 Å². The molecule has 3 aliphatic heterocycles. The van der Waals surface area contributed by atoms with Crippen molar-refractivity contribution in [3.8, 4) is 11.5 Å². The third-order valence-corrected chi connectivity index (χ3v) is 7.03. The number of piperidine rings is 2. The van der Waals surface area contributed by atoms with Crippen molar-refractivity contribution >= 4 is 5.91 Å². The van der Waals surface area contributed by atoms with Crippen LogP contribution in [0.5, 0.6) is 11.5 Å². The fraction of sp³-hybridized carbons (Fsp3) is 0.480. The van der Waals surface area contributed by atoms with Crippen LogP contribution in [0.1, 0.15) is 42.9 Å². The maximum atomic E-state index is 12.7. The molecule has 5 heteroatoms. The lowest BCUT2D eigenvalue weighted by Crippen LogP contribution is -2.52. The lowest BCUT2D eigenvalue weighted by Gasteiger charge is -2.45. The number of para-hydroxylation sites is 2. The molecule has 30 heavy (non-hydrogen) atoms. The molecule has 0 unspecified atom stereocenters. The third kappa shape index (κ3) is 3.67. The summed E-state index contributed by atoms with van der Waals surface area (Å²) in [6.45, 7) is 4.38. The zero-order chi connectivity index (χ0) is 20.6. The number of rotatable bonds is 3. The molecule has 2 fully saturated rings. The van der Waals surface area contributed by atoms with Crippen molar-refractivity contribution in [3.63, 3.8) is 0 Å². The predicted octanol–water partition coefficient (Wildman–Crippen LogP) is 4.03. The Morgan fingerprint density at radius 2 is 1.70 bits per heavy atom. The zero-order valence-corrected chi connectivity index (χ0v) is 17.7. The summed E-state index contributed by atoms with van der Waals surface area (Å²) < 4.78 is 12.0. The number of hydrogen-bond acceptors (Lipinski definition) is 4. The summed E-state index contributed by atoms with van der Waals surface area (Å²) in [6, 6.07) is 16.5. The molecule has 158 valence electrons. The minimum atomic E-state index is -0.0953. The number of carbonyl (C=O) groups excluding carboxylic acids is 1. The van der Waals surface area contributed by atoms with E-state index in [9.17, 15) is 4.79 Å². The molecular weight excluding hydrogens is 376 g/mol. The summed E-state index contributed by atoms with van der Waals surface area (Å²) in [5.74, 6) is 1.99. The average molecular weight is 407 g/mol. The molecule has 1 atom stereocenters. The van der Waals surface area contributed by atoms with Crippen LogP contribution in [0.2, 0.25) is 0 Å². The number of ether oxygens (including phenoxy) is 2. The van der Waals surface area contributed by atoms with Gasteiger partial charge in [-0.2, -0.15) is 0 Å². The minimum Gasteiger partial charge on any atom is -0.485 e. The summed E-state index contributed by atoms with van der Waals surface area (Å²) in [5, 5.41) is 0. The molecule has 5 rings (SSSR count). The van der Waals surface area contributed by atoms with Gasteiger partial charge in [0.25, 0.3) is 0 Å². The smallest absolute Gasteiger partial charge is 0.228 e. The molecule has 1 amide bonds. The Kier molecular flexibility index (Phi) is 5.15. The monoisotopic (exact) mass is 406 g/mol. The first kappa shape index (κ1) is 19.4. The highest BCUT2D eigenvalue weighted by molar-refractivity contribution is 5.83. The van der Waals surface area contributed by atoms with E-state index in [4.69, 9.17) is 9.47 Å². The number of amides is 1. The van der Waals surface area contributed by atoms with Crippen LogP contribution in [0.3, 0.4) is 0 Å². The van der Waals surface area contributed by atoms with Crippen LogP contribution < -0.4 is 9.47 Å². The Morgan fingerprint density at radius 3 is 2.47 bits per heavy atom. The quantitative estimate of drug-likeness (QED) is 0.772. The average Bonchev–Trinajstić information content (AvgIpc) is 2.79. The molecule has 0 aromatic heterocycles. The number of benzene rings is 2. The van der Waals surface area contributed by atoms with Gasteiger partial charge in [0.05, 0.1) is 5.41 Å². The van der Waals surface area contributed by atoms with Crippen molar-refractivity contribution in [1.29, 1.82) is 0 Å². The molecule has 1 spiro atoms. The van der Waals surface area contributed by atoms with Crippen LogP contribution in [0.25, 0.3) is 0 Å². The standard InChI is InChI=1S/C25H30N2O3/c1-26-14-4-11-25(24(26)28)12-15-27(16-13-25)17-19-7-9-20(10-8-19)23-18-29-21-5-2-3-6-22(21)30-23/h2-3,5-10,23H,4,11-18H2,1H3/t23-/m1/s1. The van der Waals surface area contributed by atoms with Gasteiger partial charge in [-0.1, -0.05) is 36.4 Å². The molecular formula is C25H30N2O3. The molecule has 0 aliphatic carbocycles. The molecule has 0 N–H and O–H groups in total. The zero-order valence-electron chi connectivity index (χ0n) is 17.7. The lowest BCUT2D eigenvalue weighted by molar-refractivity contribution is -0.148. The number of nitrogens with zero attached hydrogens (tertiary/aromatic N) is 2. The van der Waals surface area contributed by atoms with Crippen molar-refractivity contribution in [2.45, 2.75) is 38.3 Å². The maximum Gasteiger partial charge on any atom is 0.228 e. The van der Waals surface area contributed by atoms with E-state index in [1.54, 1.807) is 0 Å². The Hall–Kier alpha value is -2.53. The van der Waals surface area contributed by atoms with Crippen LogP contribution in [0.4, 0.5) is 0 Å². The number of likely N-dealkylation sites (tertiary alicyclic amines) is 2. The van der Waals surface area contributed by atoms with Crippen LogP contribution in [0, 0.1) is 5.41 Å². The summed E-state index contributed by atoms with van der Waals surface area (Å²) >= 11 is 0. The van der Waals surface area contributed by atoms with E-state index < -0.39 is 0 Å². The third-order valence-electron chi connectivity index (χ3n) is 7.03. The predicted molar refractivity (Wildman–Crippen MR) is 116 cm³/mol. The van der Waals surface area contributed by atoms with Gasteiger partial charge in [0.1, 0.15) is 6.61 Å². The summed E-state index contributed by atoms with van der Waals surface area (Å²) in [7, 11) is 1.96. The molecule has 2 saturated heterocycles. The van der Waals surface area contributed by atoms with Gasteiger partial charge in [-0.25, -0.2) is 0 Å². The van der Waals surface area contributed by atoms with Crippen molar-refractivity contribution in [3.05, 3.63) is 59.7 Å². The highest BCUT2D eigenvalue weighted by Crippen LogP contribution is 2.41. The summed E-state index contributed by atoms with van der Waals surface area (Å²) in [5.41, 5.74) is 2.35. The van der Waals surface area contributed by atoms with Crippen molar-refractivity contribution in [2.75, 3.05) is 33.3 Å². The van der Waals surface area contributed by atoms with Gasteiger partial charge in [-0.3, -0.25) is 9.69 Å². The maximum absolute atomic E-state index is 12.7. The molecule has 2 aromatic rings. The van der Waals surface area contributed by atoms with E-state index in [-0.39, 0.29) is 11.5 Å². The van der Waals surface area contributed by atoms with Crippen molar-refractivity contribution in [1.82, 2.24) is 9.80 Å². The van der Waals surface area contributed by atoms with Gasteiger partial charge in [0.2, 0.25) is 5.91 Å². The molecule has 0 bridgehead atoms. The summed E-state index contributed by atoms with van der Waals surface area (Å²) in [6.07, 6.45) is 4.10. The van der Waals surface area contributed by atoms with E-state index in [2.05, 4.69) is 29.2 Å². The van der Waals surface area contributed by atoms with Gasteiger partial charge >= 0.3 is 0 Å². The van der Waals surface area contributed by atoms with Gasteiger partial charge in [0, 0.05) is 20.1 Å². The second kappa shape index (κ2) is 7.95. The highest BCUT2D eigenvalue weighted by Gasteiger charge is 2.44. The molecule has 3 heterocycles. The number of carbonyl (C=O) groups is 1. The number of fused-ring (bicyclic) bond motifs is 1. The largest absolute Gasteiger partial charge is 0.485 e. The SMILES string of the molecule is CN1CCCC2(CCN(Cc3ccc([C@H]4COc5ccccc5O4)cc3)CC2)C1=O. The first-order valence-corrected chi connectivity index (χ1v) is 11.1. The van der Waals surface area contributed by atoms with Gasteiger partial charge in [-0.15, -0.1) is 0 Å². The molecule has 5 nitrogen and oxygen atoms in total. The Bertz CT molecular complexity index is 903. The Morgan fingerprint density at radius 1 is 0.967 bits per heavy atom. The van der Waals surface area contributed by atoms with Crippen molar-refractivity contribution < 1.29 is 14.3 Å². The number of hydrogen-bond donors (Lipinski definition) is 0. The Labute approximate surface area is 178 Å². The molecule has 0 radical (unpaired) electrons. The minimum absolute atomic E-state index is 0.0712. The molecule has 2 aromatic carbocycles. The van der Waals surface area contributed by atoms with Gasteiger partial charge in [0.15, 0.2) is 17.6 Å². The first-order chi connectivity index (χ1) is 14.6. The second-order valence-corrected chi connectivity index (χ2v) is 8.99. The highest BCUT2D eigenvalue weighted by atomic mass is 16.6. The summed E-state index contributed by atoms with van der Waals surface area (Å²) in [4.78, 5) is 17.1. The van der Waals surface area contributed by atoms with Crippen LogP contribution in [0.15, 0.2) is 48.5 Å². The Balaban J connectivity index is 1.18. The molecule has 3 aliphatic rings. The van der Waals surface area contributed by atoms with Crippen LogP contribution in [-0.2, 0) is 11.3 Å². The van der Waals surface area contributed by atoms with Crippen LogP contribution >= 0.6 is 0 Å². The lowest BCUT2D eigenvalue weighted by atomic mass is 9.72. The van der Waals surface area contributed by atoms with E-state index in [0.717, 1.165) is 68.9 Å². The first-order valence-electron chi connectivity index (χ1n) is 11.1. The fourth-order valence-corrected chi connectivity index (χ4v) is 5.15. The second-order valence-electron chi connectivity index (χ2n) is 8.99. The molecule has 0 saturated carbocycles. The van der Waals surface area contributed by atoms with Gasteiger partial charge in [-0.05, 0) is 62.0 Å². The van der Waals surface area contributed by atoms with E-state index in [1.165, 1.54) is 5.56 Å². The fourth-order valence-electron chi connectivity index (χ4n) is 5.15. The normalized spacial score (nSPS) is 23.6. The van der Waals surface area contributed by atoms with Crippen molar-refractivity contribution in [2.24, 2.45) is 5.41 Å². The van der Waals surface area contributed by atoms with E-state index in [0.29, 0.717) is 12.5 Å². The van der Waals surface area contributed by atoms with Crippen LogP contribution in [-0.4, -0.2) is 49.0 Å². The van der Waals surface area contributed by atoms with E-state index in [1.807, 2.05) is 36.2 Å². The van der Waals surface area contributed by atoms with Gasteiger partial charge < -0.3 is 14.4 Å².